The fourth-order valence-corrected chi connectivity index (χ4v) is 6.83. The zero-order chi connectivity index (χ0) is 24.0. The Hall–Kier alpha value is -3.57. The number of phenols is 2. The van der Waals surface area contributed by atoms with Crippen LogP contribution in [0.1, 0.15) is 33.9 Å². The van der Waals surface area contributed by atoms with E-state index in [-0.39, 0.29) is 35.7 Å². The molecule has 0 spiro atoms. The van der Waals surface area contributed by atoms with Gasteiger partial charge in [0.15, 0.2) is 11.5 Å². The number of aryl methyl sites for hydroxylation is 1. The molecule has 1 unspecified atom stereocenters. The van der Waals surface area contributed by atoms with Crippen molar-refractivity contribution in [1.29, 1.82) is 5.26 Å². The van der Waals surface area contributed by atoms with Crippen LogP contribution in [0.3, 0.4) is 0 Å². The molecule has 4 atom stereocenters. The average Bonchev–Trinajstić information content (AvgIpc) is 3.24. The predicted molar refractivity (Wildman–Crippen MR) is 128 cm³/mol. The van der Waals surface area contributed by atoms with Gasteiger partial charge in [0.25, 0.3) is 0 Å². The van der Waals surface area contributed by atoms with Crippen LogP contribution in [0.2, 0.25) is 0 Å². The number of aromatic nitrogens is 1. The van der Waals surface area contributed by atoms with E-state index in [1.165, 1.54) is 0 Å². The van der Waals surface area contributed by atoms with E-state index in [2.05, 4.69) is 26.9 Å². The Balaban J connectivity index is 1.63. The van der Waals surface area contributed by atoms with Gasteiger partial charge in [0.1, 0.15) is 17.5 Å². The van der Waals surface area contributed by atoms with Crippen LogP contribution in [-0.2, 0) is 12.8 Å². The summed E-state index contributed by atoms with van der Waals surface area (Å²) in [6.45, 7) is 3.79. The van der Waals surface area contributed by atoms with Crippen molar-refractivity contribution in [2.75, 3.05) is 26.2 Å². The van der Waals surface area contributed by atoms with Crippen LogP contribution in [0.15, 0.2) is 12.3 Å². The Kier molecular flexibility index (Phi) is 4.30. The molecule has 0 saturated carbocycles. The molecule has 8 nitrogen and oxygen atoms in total. The number of aromatic amines is 1. The first kappa shape index (κ1) is 21.0. The number of aromatic hydroxyl groups is 2. The van der Waals surface area contributed by atoms with Crippen LogP contribution >= 0.6 is 0 Å². The number of nitrogens with one attached hydrogen (secondary N) is 1. The number of nitrogens with zero attached hydrogens (tertiary/aromatic N) is 3. The van der Waals surface area contributed by atoms with Crippen LogP contribution in [0.4, 0.5) is 5.69 Å². The number of benzene rings is 2. The molecule has 1 aromatic heterocycles. The van der Waals surface area contributed by atoms with Gasteiger partial charge in [0.2, 0.25) is 0 Å². The van der Waals surface area contributed by atoms with Crippen LogP contribution in [0.25, 0.3) is 10.9 Å². The van der Waals surface area contributed by atoms with Crippen LogP contribution in [0, 0.1) is 25.2 Å². The minimum absolute atomic E-state index is 0.0432. The lowest BCUT2D eigenvalue weighted by Gasteiger charge is -2.58. The highest BCUT2D eigenvalue weighted by Gasteiger charge is 2.53. The van der Waals surface area contributed by atoms with Gasteiger partial charge in [-0.25, -0.2) is 0 Å². The lowest BCUT2D eigenvalue weighted by Crippen LogP contribution is -2.67. The second-order valence-corrected chi connectivity index (χ2v) is 9.69. The van der Waals surface area contributed by atoms with Gasteiger partial charge in [0.05, 0.1) is 43.6 Å². The zero-order valence-electron chi connectivity index (χ0n) is 19.9. The molecule has 3 aliphatic heterocycles. The number of hydrogen-bond acceptors (Lipinski definition) is 7. The van der Waals surface area contributed by atoms with E-state index in [0.29, 0.717) is 29.9 Å². The smallest absolute Gasteiger partial charge is 0.163 e. The van der Waals surface area contributed by atoms with Crippen molar-refractivity contribution in [2.45, 2.75) is 50.9 Å². The third-order valence-corrected chi connectivity index (χ3v) is 8.24. The second-order valence-electron chi connectivity index (χ2n) is 9.69. The Bertz CT molecular complexity index is 1400. The van der Waals surface area contributed by atoms with Crippen molar-refractivity contribution in [2.24, 2.45) is 0 Å². The monoisotopic (exact) mass is 460 g/mol. The standard InChI is InChI=1S/C26H28N4O4/c1-11-6-13-7-15-17(9-27)30-16(22(29(15)3)19(13)24(32)25(11)33-4)8-14-20-18(30)10-28-21(20)26(34-5)12(2)23(14)31/h6,10,15-17,22,28,31-32H,7-8H2,1-5H3/t15-,16?,17+,22-/m1/s1. The number of hydrogen-bond donors (Lipinski definition) is 3. The summed E-state index contributed by atoms with van der Waals surface area (Å²) in [7, 11) is 5.21. The quantitative estimate of drug-likeness (QED) is 0.538. The highest BCUT2D eigenvalue weighted by Crippen LogP contribution is 2.55. The number of likely N-dealkylation sites (N-methyl/N-ethyl adjacent to an activating group) is 1. The maximum Gasteiger partial charge on any atom is 0.163 e. The molecule has 3 aromatic rings. The summed E-state index contributed by atoms with van der Waals surface area (Å²) in [6, 6.07) is 3.91. The van der Waals surface area contributed by atoms with Gasteiger partial charge in [-0.15, -0.1) is 0 Å². The number of nitriles is 1. The molecule has 2 bridgehead atoms. The Morgan fingerprint density at radius 3 is 2.50 bits per heavy atom. The molecule has 4 heterocycles. The van der Waals surface area contributed by atoms with Crippen LogP contribution in [0.5, 0.6) is 23.0 Å². The van der Waals surface area contributed by atoms with Crippen molar-refractivity contribution in [3.63, 3.8) is 0 Å². The average molecular weight is 461 g/mol. The number of methoxy groups -OCH3 is 2. The molecule has 1 fully saturated rings. The number of piperazine rings is 1. The molecular weight excluding hydrogens is 432 g/mol. The topological polar surface area (TPSA) is 105 Å². The van der Waals surface area contributed by atoms with Gasteiger partial charge in [0, 0.05) is 34.3 Å². The molecule has 0 amide bonds. The van der Waals surface area contributed by atoms with Gasteiger partial charge >= 0.3 is 0 Å². The number of anilines is 1. The highest BCUT2D eigenvalue weighted by atomic mass is 16.5. The lowest BCUT2D eigenvalue weighted by atomic mass is 9.73. The first-order valence-electron chi connectivity index (χ1n) is 11.5. The van der Waals surface area contributed by atoms with E-state index in [9.17, 15) is 15.5 Å². The summed E-state index contributed by atoms with van der Waals surface area (Å²) in [5.41, 5.74) is 6.06. The van der Waals surface area contributed by atoms with Gasteiger partial charge in [-0.05, 0) is 44.9 Å². The van der Waals surface area contributed by atoms with Crippen molar-refractivity contribution in [1.82, 2.24) is 9.88 Å². The zero-order valence-corrected chi connectivity index (χ0v) is 19.9. The van der Waals surface area contributed by atoms with Gasteiger partial charge in [-0.3, -0.25) is 4.90 Å². The van der Waals surface area contributed by atoms with E-state index < -0.39 is 0 Å². The molecule has 0 aliphatic carbocycles. The molecule has 8 heteroatoms. The third-order valence-electron chi connectivity index (χ3n) is 8.24. The van der Waals surface area contributed by atoms with E-state index >= 15 is 0 Å². The fourth-order valence-electron chi connectivity index (χ4n) is 6.83. The van der Waals surface area contributed by atoms with E-state index in [1.54, 1.807) is 14.2 Å². The minimum Gasteiger partial charge on any atom is -0.507 e. The molecule has 1 saturated heterocycles. The summed E-state index contributed by atoms with van der Waals surface area (Å²) in [6.07, 6.45) is 3.11. The molecule has 0 radical (unpaired) electrons. The van der Waals surface area contributed by atoms with E-state index in [4.69, 9.17) is 9.47 Å². The summed E-state index contributed by atoms with van der Waals surface area (Å²) >= 11 is 0. The normalized spacial score (nSPS) is 25.0. The molecule has 3 N–H and O–H groups in total. The number of fused-ring (bicyclic) bond motifs is 7. The largest absolute Gasteiger partial charge is 0.507 e. The predicted octanol–water partition coefficient (Wildman–Crippen LogP) is 3.45. The highest BCUT2D eigenvalue weighted by molar-refractivity contribution is 6.03. The number of phenolic OH excluding ortho intramolecular Hbond substituents is 2. The SMILES string of the molecule is COc1c(C)cc2c(c1O)[C@H]1C3Cc4c(O)c(C)c(OC)c5[nH]cc(c45)N3[C@@H](C#N)[C@@H](C2)N1C. The maximum atomic E-state index is 11.3. The third kappa shape index (κ3) is 2.35. The lowest BCUT2D eigenvalue weighted by molar-refractivity contribution is 0.0759. The first-order valence-corrected chi connectivity index (χ1v) is 11.5. The number of H-pyrrole nitrogens is 1. The second kappa shape index (κ2) is 6.97. The summed E-state index contributed by atoms with van der Waals surface area (Å²) in [4.78, 5) is 7.78. The van der Waals surface area contributed by atoms with Crippen molar-refractivity contribution in [3.8, 4) is 29.1 Å². The minimum atomic E-state index is -0.384. The Morgan fingerprint density at radius 1 is 1.09 bits per heavy atom. The van der Waals surface area contributed by atoms with Gasteiger partial charge in [-0.2, -0.15) is 5.26 Å². The Morgan fingerprint density at radius 2 is 1.82 bits per heavy atom. The van der Waals surface area contributed by atoms with Gasteiger partial charge < -0.3 is 29.6 Å². The first-order chi connectivity index (χ1) is 16.3. The molecular formula is C26H28N4O4. The molecule has 6 rings (SSSR count). The number of rotatable bonds is 2. The molecule has 3 aliphatic rings. The maximum absolute atomic E-state index is 11.3. The van der Waals surface area contributed by atoms with Crippen LogP contribution < -0.4 is 14.4 Å². The summed E-state index contributed by atoms with van der Waals surface area (Å²) in [5.74, 6) is 1.50. The molecule has 2 aromatic carbocycles. The van der Waals surface area contributed by atoms with Crippen molar-refractivity contribution >= 4 is 16.6 Å². The van der Waals surface area contributed by atoms with E-state index in [0.717, 1.165) is 38.8 Å². The Labute approximate surface area is 197 Å². The fraction of sp³-hybridized carbons (Fsp3) is 0.423. The molecule has 34 heavy (non-hydrogen) atoms. The van der Waals surface area contributed by atoms with Crippen LogP contribution in [-0.4, -0.2) is 59.5 Å². The summed E-state index contributed by atoms with van der Waals surface area (Å²) < 4.78 is 11.2. The van der Waals surface area contributed by atoms with Crippen molar-refractivity contribution < 1.29 is 19.7 Å². The van der Waals surface area contributed by atoms with Gasteiger partial charge in [-0.1, -0.05) is 6.07 Å². The summed E-state index contributed by atoms with van der Waals surface area (Å²) in [5, 5.41) is 33.8. The van der Waals surface area contributed by atoms with Crippen molar-refractivity contribution in [3.05, 3.63) is 40.1 Å². The molecule has 176 valence electrons. The van der Waals surface area contributed by atoms with E-state index in [1.807, 2.05) is 27.1 Å². The number of ether oxygens (including phenoxy) is 2.